The van der Waals surface area contributed by atoms with Crippen LogP contribution >= 0.6 is 0 Å². The lowest BCUT2D eigenvalue weighted by Gasteiger charge is -2.38. The molecule has 0 unspecified atom stereocenters. The van der Waals surface area contributed by atoms with Crippen molar-refractivity contribution in [1.82, 2.24) is 14.3 Å². The summed E-state index contributed by atoms with van der Waals surface area (Å²) in [6.45, 7) is 5.65. The first-order valence-corrected chi connectivity index (χ1v) is 6.92. The van der Waals surface area contributed by atoms with Gasteiger partial charge in [-0.05, 0) is 38.8 Å². The molecule has 96 valence electrons. The molecule has 1 aliphatic rings. The van der Waals surface area contributed by atoms with Gasteiger partial charge in [-0.2, -0.15) is 0 Å². The second-order valence-corrected chi connectivity index (χ2v) is 5.50. The van der Waals surface area contributed by atoms with Gasteiger partial charge in [-0.3, -0.25) is 4.90 Å². The van der Waals surface area contributed by atoms with E-state index in [1.807, 2.05) is 12.1 Å². The third kappa shape index (κ3) is 2.15. The number of aromatic nitrogens is 2. The van der Waals surface area contributed by atoms with Gasteiger partial charge in [0.05, 0.1) is 5.69 Å². The van der Waals surface area contributed by atoms with E-state index < -0.39 is 0 Å². The molecule has 1 fully saturated rings. The maximum absolute atomic E-state index is 4.70. The van der Waals surface area contributed by atoms with Gasteiger partial charge in [0.25, 0.3) is 0 Å². The van der Waals surface area contributed by atoms with Crippen LogP contribution in [0.5, 0.6) is 0 Å². The highest BCUT2D eigenvalue weighted by Gasteiger charge is 2.25. The predicted molar refractivity (Wildman–Crippen MR) is 73.5 cm³/mol. The van der Waals surface area contributed by atoms with Crippen LogP contribution in [0.25, 0.3) is 5.65 Å². The summed E-state index contributed by atoms with van der Waals surface area (Å²) in [6.07, 6.45) is 8.22. The van der Waals surface area contributed by atoms with E-state index >= 15 is 0 Å². The van der Waals surface area contributed by atoms with Crippen LogP contribution in [0.3, 0.4) is 0 Å². The van der Waals surface area contributed by atoms with Gasteiger partial charge < -0.3 is 4.40 Å². The molecule has 3 nitrogen and oxygen atoms in total. The number of hydrogen-bond donors (Lipinski definition) is 0. The SMILES string of the molecule is C[C@@H]1CCC[C@H](C)N1Cc1cn2ccccc2n1. The fraction of sp³-hybridized carbons (Fsp3) is 0.533. The molecule has 2 aromatic heterocycles. The van der Waals surface area contributed by atoms with Gasteiger partial charge in [0.1, 0.15) is 5.65 Å². The lowest BCUT2D eigenvalue weighted by Crippen LogP contribution is -2.43. The van der Waals surface area contributed by atoms with E-state index in [9.17, 15) is 0 Å². The molecule has 0 aromatic carbocycles. The molecule has 0 aliphatic carbocycles. The molecule has 0 N–H and O–H groups in total. The quantitative estimate of drug-likeness (QED) is 0.808. The summed E-state index contributed by atoms with van der Waals surface area (Å²) < 4.78 is 2.11. The van der Waals surface area contributed by atoms with E-state index in [-0.39, 0.29) is 0 Å². The molecule has 1 saturated heterocycles. The largest absolute Gasteiger partial charge is 0.307 e. The molecule has 0 amide bonds. The van der Waals surface area contributed by atoms with E-state index in [1.54, 1.807) is 0 Å². The Morgan fingerprint density at radius 1 is 1.22 bits per heavy atom. The van der Waals surface area contributed by atoms with Gasteiger partial charge in [0, 0.05) is 31.0 Å². The van der Waals surface area contributed by atoms with Crippen molar-refractivity contribution in [1.29, 1.82) is 0 Å². The highest BCUT2D eigenvalue weighted by molar-refractivity contribution is 5.39. The van der Waals surface area contributed by atoms with Crippen LogP contribution in [0.15, 0.2) is 30.6 Å². The van der Waals surface area contributed by atoms with Crippen molar-refractivity contribution in [2.75, 3.05) is 0 Å². The average molecular weight is 243 g/mol. The van der Waals surface area contributed by atoms with Crippen molar-refractivity contribution < 1.29 is 0 Å². The van der Waals surface area contributed by atoms with Crippen molar-refractivity contribution in [3.63, 3.8) is 0 Å². The van der Waals surface area contributed by atoms with E-state index in [2.05, 4.69) is 41.6 Å². The minimum Gasteiger partial charge on any atom is -0.307 e. The smallest absolute Gasteiger partial charge is 0.137 e. The molecule has 0 saturated carbocycles. The summed E-state index contributed by atoms with van der Waals surface area (Å²) >= 11 is 0. The molecular formula is C15H21N3. The minimum absolute atomic E-state index is 0.679. The van der Waals surface area contributed by atoms with E-state index in [1.165, 1.54) is 25.0 Å². The van der Waals surface area contributed by atoms with Gasteiger partial charge in [0.2, 0.25) is 0 Å². The number of pyridine rings is 1. The van der Waals surface area contributed by atoms with E-state index in [4.69, 9.17) is 4.98 Å². The summed E-state index contributed by atoms with van der Waals surface area (Å²) in [5, 5.41) is 0. The summed E-state index contributed by atoms with van der Waals surface area (Å²) in [5.74, 6) is 0. The monoisotopic (exact) mass is 243 g/mol. The highest BCUT2D eigenvalue weighted by atomic mass is 15.2. The number of piperidine rings is 1. The first-order valence-electron chi connectivity index (χ1n) is 6.92. The third-order valence-corrected chi connectivity index (χ3v) is 4.13. The van der Waals surface area contributed by atoms with Crippen LogP contribution in [-0.2, 0) is 6.54 Å². The molecule has 2 atom stereocenters. The molecule has 1 aliphatic heterocycles. The number of imidazole rings is 1. The Labute approximate surface area is 108 Å². The number of fused-ring (bicyclic) bond motifs is 1. The summed E-state index contributed by atoms with van der Waals surface area (Å²) in [6, 6.07) is 7.51. The third-order valence-electron chi connectivity index (χ3n) is 4.13. The Morgan fingerprint density at radius 3 is 2.72 bits per heavy atom. The molecule has 0 spiro atoms. The highest BCUT2D eigenvalue weighted by Crippen LogP contribution is 2.24. The number of likely N-dealkylation sites (tertiary alicyclic amines) is 1. The Kier molecular flexibility index (Phi) is 3.08. The predicted octanol–water partition coefficient (Wildman–Crippen LogP) is 3.10. The van der Waals surface area contributed by atoms with Crippen LogP contribution in [0.2, 0.25) is 0 Å². The Morgan fingerprint density at radius 2 is 2.00 bits per heavy atom. The second-order valence-electron chi connectivity index (χ2n) is 5.50. The molecule has 3 heteroatoms. The molecule has 3 rings (SSSR count). The van der Waals surface area contributed by atoms with Crippen molar-refractivity contribution in [3.8, 4) is 0 Å². The molecule has 0 radical (unpaired) electrons. The maximum Gasteiger partial charge on any atom is 0.137 e. The lowest BCUT2D eigenvalue weighted by molar-refractivity contribution is 0.0940. The van der Waals surface area contributed by atoms with Crippen LogP contribution < -0.4 is 0 Å². The molecule has 18 heavy (non-hydrogen) atoms. The van der Waals surface area contributed by atoms with Crippen molar-refractivity contribution in [2.24, 2.45) is 0 Å². The second kappa shape index (κ2) is 4.73. The van der Waals surface area contributed by atoms with Crippen LogP contribution in [0.4, 0.5) is 0 Å². The van der Waals surface area contributed by atoms with E-state index in [0.717, 1.165) is 12.2 Å². The van der Waals surface area contributed by atoms with Gasteiger partial charge in [0.15, 0.2) is 0 Å². The summed E-state index contributed by atoms with van der Waals surface area (Å²) in [4.78, 5) is 7.29. The fourth-order valence-electron chi connectivity index (χ4n) is 3.04. The van der Waals surface area contributed by atoms with E-state index in [0.29, 0.717) is 12.1 Å². The standard InChI is InChI=1S/C15H21N3/c1-12-6-5-7-13(2)18(12)11-14-10-17-9-4-3-8-15(17)16-14/h3-4,8-10,12-13H,5-7,11H2,1-2H3/t12-,13+. The minimum atomic E-state index is 0.679. The van der Waals surface area contributed by atoms with Gasteiger partial charge in [-0.1, -0.05) is 12.5 Å². The van der Waals surface area contributed by atoms with Crippen LogP contribution in [-0.4, -0.2) is 26.4 Å². The van der Waals surface area contributed by atoms with Crippen molar-refractivity contribution in [2.45, 2.75) is 51.7 Å². The topological polar surface area (TPSA) is 20.5 Å². The molecule has 0 bridgehead atoms. The molecule has 3 heterocycles. The Balaban J connectivity index is 1.82. The van der Waals surface area contributed by atoms with Crippen LogP contribution in [0, 0.1) is 0 Å². The Bertz CT molecular complexity index is 488. The van der Waals surface area contributed by atoms with Crippen molar-refractivity contribution in [3.05, 3.63) is 36.3 Å². The number of rotatable bonds is 2. The first kappa shape index (κ1) is 11.7. The average Bonchev–Trinajstić information content (AvgIpc) is 2.76. The lowest BCUT2D eigenvalue weighted by atomic mass is 9.97. The number of nitrogens with zero attached hydrogens (tertiary/aromatic N) is 3. The molecule has 2 aromatic rings. The van der Waals surface area contributed by atoms with Gasteiger partial charge in [-0.15, -0.1) is 0 Å². The fourth-order valence-corrected chi connectivity index (χ4v) is 3.04. The summed E-state index contributed by atoms with van der Waals surface area (Å²) in [5.41, 5.74) is 2.23. The number of hydrogen-bond acceptors (Lipinski definition) is 2. The van der Waals surface area contributed by atoms with Gasteiger partial charge >= 0.3 is 0 Å². The van der Waals surface area contributed by atoms with Gasteiger partial charge in [-0.25, -0.2) is 4.98 Å². The van der Waals surface area contributed by atoms with Crippen molar-refractivity contribution >= 4 is 5.65 Å². The maximum atomic E-state index is 4.70. The Hall–Kier alpha value is -1.35. The normalized spacial score (nSPS) is 25.7. The summed E-state index contributed by atoms with van der Waals surface area (Å²) in [7, 11) is 0. The zero-order valence-corrected chi connectivity index (χ0v) is 11.2. The first-order chi connectivity index (χ1) is 8.74. The molecular weight excluding hydrogens is 222 g/mol. The van der Waals surface area contributed by atoms with Crippen LogP contribution in [0.1, 0.15) is 38.8 Å². The zero-order chi connectivity index (χ0) is 12.5. The zero-order valence-electron chi connectivity index (χ0n) is 11.2.